The number of amides is 1. The molecular weight excluding hydrogens is 226 g/mol. The number of nitrogens with zero attached hydrogens (tertiary/aromatic N) is 1. The Bertz CT molecular complexity index is 445. The fraction of sp³-hybridized carbons (Fsp3) is 0.500. The van der Waals surface area contributed by atoms with Crippen molar-refractivity contribution in [2.75, 3.05) is 18.0 Å². The molecule has 4 nitrogen and oxygen atoms in total. The van der Waals surface area contributed by atoms with Crippen molar-refractivity contribution in [1.29, 1.82) is 0 Å². The zero-order valence-electron chi connectivity index (χ0n) is 11.1. The molecule has 2 rings (SSSR count). The summed E-state index contributed by atoms with van der Waals surface area (Å²) in [5.41, 5.74) is 6.17. The standard InChI is InChI=1S/C14H21N3O/c1-10-5-6-13-12(8-10)4-3-7-17(13)9-11(2)14(18)16-15/h5-6,8,11H,3-4,7,9,15H2,1-2H3,(H,16,18). The molecule has 1 aromatic carbocycles. The summed E-state index contributed by atoms with van der Waals surface area (Å²) in [6.45, 7) is 5.76. The van der Waals surface area contributed by atoms with E-state index in [1.807, 2.05) is 6.92 Å². The number of benzene rings is 1. The lowest BCUT2D eigenvalue weighted by Crippen LogP contribution is -2.42. The van der Waals surface area contributed by atoms with Gasteiger partial charge < -0.3 is 4.90 Å². The zero-order chi connectivity index (χ0) is 13.1. The Balaban J connectivity index is 2.15. The number of anilines is 1. The fourth-order valence-corrected chi connectivity index (χ4v) is 2.55. The summed E-state index contributed by atoms with van der Waals surface area (Å²) in [5.74, 6) is 4.98. The maximum absolute atomic E-state index is 11.5. The van der Waals surface area contributed by atoms with Gasteiger partial charge in [0, 0.05) is 18.8 Å². The van der Waals surface area contributed by atoms with Crippen LogP contribution in [0, 0.1) is 12.8 Å². The first-order chi connectivity index (χ1) is 8.61. The summed E-state index contributed by atoms with van der Waals surface area (Å²) in [4.78, 5) is 13.8. The Labute approximate surface area is 108 Å². The van der Waals surface area contributed by atoms with Gasteiger partial charge in [-0.3, -0.25) is 10.2 Å². The quantitative estimate of drug-likeness (QED) is 0.482. The molecule has 0 saturated heterocycles. The van der Waals surface area contributed by atoms with Crippen LogP contribution >= 0.6 is 0 Å². The molecule has 4 heteroatoms. The van der Waals surface area contributed by atoms with E-state index >= 15 is 0 Å². The Morgan fingerprint density at radius 3 is 3.06 bits per heavy atom. The lowest BCUT2D eigenvalue weighted by molar-refractivity contribution is -0.124. The van der Waals surface area contributed by atoms with Gasteiger partial charge in [0.1, 0.15) is 0 Å². The van der Waals surface area contributed by atoms with Gasteiger partial charge in [-0.15, -0.1) is 0 Å². The third-order valence-electron chi connectivity index (χ3n) is 3.53. The minimum absolute atomic E-state index is 0.0951. The molecule has 0 aliphatic carbocycles. The van der Waals surface area contributed by atoms with Gasteiger partial charge in [0.25, 0.3) is 0 Å². The van der Waals surface area contributed by atoms with Crippen molar-refractivity contribution in [2.24, 2.45) is 11.8 Å². The Kier molecular flexibility index (Phi) is 3.87. The molecular formula is C14H21N3O. The van der Waals surface area contributed by atoms with Crippen molar-refractivity contribution in [3.63, 3.8) is 0 Å². The average Bonchev–Trinajstić information content (AvgIpc) is 2.37. The summed E-state index contributed by atoms with van der Waals surface area (Å²) >= 11 is 0. The second-order valence-electron chi connectivity index (χ2n) is 5.09. The third-order valence-corrected chi connectivity index (χ3v) is 3.53. The average molecular weight is 247 g/mol. The van der Waals surface area contributed by atoms with Crippen LogP contribution in [-0.2, 0) is 11.2 Å². The van der Waals surface area contributed by atoms with Crippen molar-refractivity contribution in [3.8, 4) is 0 Å². The van der Waals surface area contributed by atoms with Gasteiger partial charge in [0.05, 0.1) is 5.92 Å². The molecule has 1 atom stereocenters. The molecule has 0 spiro atoms. The van der Waals surface area contributed by atoms with Gasteiger partial charge >= 0.3 is 0 Å². The number of nitrogens with one attached hydrogen (secondary N) is 1. The molecule has 1 amide bonds. The summed E-state index contributed by atoms with van der Waals surface area (Å²) in [6.07, 6.45) is 2.28. The molecule has 1 unspecified atom stereocenters. The molecule has 1 aromatic rings. The van der Waals surface area contributed by atoms with Crippen molar-refractivity contribution in [2.45, 2.75) is 26.7 Å². The molecule has 18 heavy (non-hydrogen) atoms. The van der Waals surface area contributed by atoms with Crippen molar-refractivity contribution in [1.82, 2.24) is 5.43 Å². The number of aryl methyl sites for hydroxylation is 2. The highest BCUT2D eigenvalue weighted by Gasteiger charge is 2.21. The minimum atomic E-state index is -0.103. The van der Waals surface area contributed by atoms with E-state index < -0.39 is 0 Å². The predicted molar refractivity (Wildman–Crippen MR) is 73.2 cm³/mol. The smallest absolute Gasteiger partial charge is 0.238 e. The third kappa shape index (κ3) is 2.64. The van der Waals surface area contributed by atoms with Gasteiger partial charge in [0.2, 0.25) is 5.91 Å². The van der Waals surface area contributed by atoms with Crippen molar-refractivity contribution < 1.29 is 4.79 Å². The second-order valence-corrected chi connectivity index (χ2v) is 5.09. The number of nitrogens with two attached hydrogens (primary N) is 1. The van der Waals surface area contributed by atoms with Crippen LogP contribution in [0.15, 0.2) is 18.2 Å². The molecule has 0 saturated carbocycles. The van der Waals surface area contributed by atoms with Crippen LogP contribution in [0.1, 0.15) is 24.5 Å². The van der Waals surface area contributed by atoms with Gasteiger partial charge in [-0.05, 0) is 31.4 Å². The van der Waals surface area contributed by atoms with Crippen LogP contribution in [0.25, 0.3) is 0 Å². The van der Waals surface area contributed by atoms with E-state index in [0.717, 1.165) is 25.9 Å². The Morgan fingerprint density at radius 1 is 1.56 bits per heavy atom. The van der Waals surface area contributed by atoms with Crippen LogP contribution in [0.2, 0.25) is 0 Å². The molecule has 0 radical (unpaired) electrons. The van der Waals surface area contributed by atoms with Crippen molar-refractivity contribution in [3.05, 3.63) is 29.3 Å². The summed E-state index contributed by atoms with van der Waals surface area (Å²) in [6, 6.07) is 6.54. The molecule has 1 aliphatic heterocycles. The highest BCUT2D eigenvalue weighted by atomic mass is 16.2. The van der Waals surface area contributed by atoms with Crippen LogP contribution in [0.4, 0.5) is 5.69 Å². The lowest BCUT2D eigenvalue weighted by Gasteiger charge is -2.33. The SMILES string of the molecule is Cc1ccc2c(c1)CCCN2CC(C)C(=O)NN. The van der Waals surface area contributed by atoms with E-state index in [1.165, 1.54) is 16.8 Å². The summed E-state index contributed by atoms with van der Waals surface area (Å²) in [7, 11) is 0. The van der Waals surface area contributed by atoms with Gasteiger partial charge in [0.15, 0.2) is 0 Å². The topological polar surface area (TPSA) is 58.4 Å². The number of fused-ring (bicyclic) bond motifs is 1. The first-order valence-corrected chi connectivity index (χ1v) is 6.46. The Morgan fingerprint density at radius 2 is 2.33 bits per heavy atom. The second kappa shape index (κ2) is 5.40. The normalized spacial score (nSPS) is 16.1. The first kappa shape index (κ1) is 12.9. The number of carbonyl (C=O) groups excluding carboxylic acids is 1. The van der Waals surface area contributed by atoms with Gasteiger partial charge in [-0.1, -0.05) is 24.6 Å². The number of hydrogen-bond acceptors (Lipinski definition) is 3. The highest BCUT2D eigenvalue weighted by molar-refractivity contribution is 5.78. The monoisotopic (exact) mass is 247 g/mol. The fourth-order valence-electron chi connectivity index (χ4n) is 2.55. The van der Waals surface area contributed by atoms with Gasteiger partial charge in [-0.25, -0.2) is 5.84 Å². The summed E-state index contributed by atoms with van der Waals surface area (Å²) < 4.78 is 0. The van der Waals surface area contributed by atoms with E-state index in [-0.39, 0.29) is 11.8 Å². The van der Waals surface area contributed by atoms with Crippen LogP contribution in [0.5, 0.6) is 0 Å². The zero-order valence-corrected chi connectivity index (χ0v) is 11.1. The molecule has 3 N–H and O–H groups in total. The lowest BCUT2D eigenvalue weighted by atomic mass is 9.98. The van der Waals surface area contributed by atoms with Crippen LogP contribution < -0.4 is 16.2 Å². The molecule has 0 aromatic heterocycles. The van der Waals surface area contributed by atoms with E-state index in [9.17, 15) is 4.79 Å². The first-order valence-electron chi connectivity index (χ1n) is 6.46. The molecule has 98 valence electrons. The number of hydrazine groups is 1. The minimum Gasteiger partial charge on any atom is -0.371 e. The number of rotatable bonds is 3. The molecule has 1 aliphatic rings. The van der Waals surface area contributed by atoms with E-state index in [1.54, 1.807) is 0 Å². The summed E-state index contributed by atoms with van der Waals surface area (Å²) in [5, 5.41) is 0. The van der Waals surface area contributed by atoms with E-state index in [0.29, 0.717) is 0 Å². The van der Waals surface area contributed by atoms with Crippen LogP contribution in [0.3, 0.4) is 0 Å². The molecule has 1 heterocycles. The maximum atomic E-state index is 11.5. The molecule has 0 fully saturated rings. The highest BCUT2D eigenvalue weighted by Crippen LogP contribution is 2.28. The van der Waals surface area contributed by atoms with E-state index in [4.69, 9.17) is 5.84 Å². The molecule has 0 bridgehead atoms. The Hall–Kier alpha value is -1.55. The predicted octanol–water partition coefficient (Wildman–Crippen LogP) is 1.37. The van der Waals surface area contributed by atoms with E-state index in [2.05, 4.69) is 35.4 Å². The van der Waals surface area contributed by atoms with Crippen molar-refractivity contribution >= 4 is 11.6 Å². The van der Waals surface area contributed by atoms with Gasteiger partial charge in [-0.2, -0.15) is 0 Å². The largest absolute Gasteiger partial charge is 0.371 e. The number of hydrogen-bond donors (Lipinski definition) is 2. The number of carbonyl (C=O) groups is 1. The maximum Gasteiger partial charge on any atom is 0.238 e. The van der Waals surface area contributed by atoms with Crippen LogP contribution in [-0.4, -0.2) is 19.0 Å².